The van der Waals surface area contributed by atoms with Gasteiger partial charge in [0.1, 0.15) is 12.4 Å². The molecule has 1 aromatic rings. The number of aliphatic carboxylic acids is 1. The van der Waals surface area contributed by atoms with Gasteiger partial charge < -0.3 is 10.0 Å². The predicted octanol–water partition coefficient (Wildman–Crippen LogP) is 1.94. The number of amides is 1. The molecular weight excluding hydrogens is 363 g/mol. The number of sulfonamides is 1. The first kappa shape index (κ1) is 22.0. The van der Waals surface area contributed by atoms with E-state index in [1.807, 2.05) is 6.92 Å². The van der Waals surface area contributed by atoms with E-state index in [1.165, 1.54) is 24.1 Å². The minimum atomic E-state index is -3.77. The molecule has 0 radical (unpaired) electrons. The van der Waals surface area contributed by atoms with E-state index in [-0.39, 0.29) is 42.8 Å². The number of hydrogen-bond donors (Lipinski definition) is 1. The number of hydrogen-bond acceptors (Lipinski definition) is 4. The van der Waals surface area contributed by atoms with Crippen LogP contribution in [0.1, 0.15) is 33.1 Å². The van der Waals surface area contributed by atoms with Gasteiger partial charge in [-0.3, -0.25) is 9.59 Å². The summed E-state index contributed by atoms with van der Waals surface area (Å²) in [7, 11) is -2.38. The van der Waals surface area contributed by atoms with E-state index in [0.29, 0.717) is 6.42 Å². The van der Waals surface area contributed by atoms with E-state index in [0.717, 1.165) is 16.4 Å². The molecule has 1 rings (SSSR count). The first-order valence-corrected chi connectivity index (χ1v) is 9.76. The second-order valence-electron chi connectivity index (χ2n) is 6.06. The molecule has 0 aliphatic rings. The van der Waals surface area contributed by atoms with Crippen LogP contribution >= 0.6 is 0 Å². The van der Waals surface area contributed by atoms with Crippen molar-refractivity contribution in [1.29, 1.82) is 0 Å². The molecule has 1 atom stereocenters. The standard InChI is InChI=1S/C17H25FN2O5S/c1-4-13(2)20(12-17(22)23)16(21)6-5-11-19(3)26(24,25)15-9-7-14(18)8-10-15/h7-10,13H,4-6,11-12H2,1-3H3,(H,22,23). The van der Waals surface area contributed by atoms with Gasteiger partial charge in [0, 0.05) is 26.1 Å². The Morgan fingerprint density at radius 2 is 1.81 bits per heavy atom. The smallest absolute Gasteiger partial charge is 0.323 e. The van der Waals surface area contributed by atoms with Gasteiger partial charge in [0.05, 0.1) is 4.90 Å². The number of benzene rings is 1. The Morgan fingerprint density at radius 1 is 1.23 bits per heavy atom. The Balaban J connectivity index is 2.66. The van der Waals surface area contributed by atoms with Crippen LogP contribution in [0, 0.1) is 5.82 Å². The van der Waals surface area contributed by atoms with Crippen LogP contribution in [0.5, 0.6) is 0 Å². The SMILES string of the molecule is CCC(C)N(CC(=O)O)C(=O)CCCN(C)S(=O)(=O)c1ccc(F)cc1. The van der Waals surface area contributed by atoms with E-state index in [4.69, 9.17) is 5.11 Å². The maximum Gasteiger partial charge on any atom is 0.323 e. The third-order valence-corrected chi connectivity index (χ3v) is 6.01. The van der Waals surface area contributed by atoms with Gasteiger partial charge in [-0.05, 0) is 44.0 Å². The monoisotopic (exact) mass is 388 g/mol. The Morgan fingerprint density at radius 3 is 2.31 bits per heavy atom. The highest BCUT2D eigenvalue weighted by Crippen LogP contribution is 2.16. The van der Waals surface area contributed by atoms with Crippen LogP contribution < -0.4 is 0 Å². The summed E-state index contributed by atoms with van der Waals surface area (Å²) >= 11 is 0. The molecule has 0 aromatic heterocycles. The van der Waals surface area contributed by atoms with Crippen molar-refractivity contribution in [2.45, 2.75) is 44.0 Å². The zero-order valence-corrected chi connectivity index (χ0v) is 16.0. The average Bonchev–Trinajstić information content (AvgIpc) is 2.58. The van der Waals surface area contributed by atoms with Gasteiger partial charge in [-0.2, -0.15) is 0 Å². The van der Waals surface area contributed by atoms with E-state index >= 15 is 0 Å². The van der Waals surface area contributed by atoms with Crippen LogP contribution in [0.4, 0.5) is 4.39 Å². The highest BCUT2D eigenvalue weighted by Gasteiger charge is 2.23. The van der Waals surface area contributed by atoms with Gasteiger partial charge >= 0.3 is 5.97 Å². The molecule has 146 valence electrons. The summed E-state index contributed by atoms with van der Waals surface area (Å²) in [5, 5.41) is 8.93. The summed E-state index contributed by atoms with van der Waals surface area (Å²) in [5.74, 6) is -1.94. The average molecular weight is 388 g/mol. The number of carboxylic acid groups (broad SMARTS) is 1. The lowest BCUT2D eigenvalue weighted by atomic mass is 10.2. The number of rotatable bonds is 10. The lowest BCUT2D eigenvalue weighted by Crippen LogP contribution is -2.42. The quantitative estimate of drug-likeness (QED) is 0.661. The number of halogens is 1. The fourth-order valence-electron chi connectivity index (χ4n) is 2.36. The zero-order valence-electron chi connectivity index (χ0n) is 15.2. The van der Waals surface area contributed by atoms with E-state index in [9.17, 15) is 22.4 Å². The van der Waals surface area contributed by atoms with Gasteiger partial charge in [0.25, 0.3) is 0 Å². The van der Waals surface area contributed by atoms with Crippen LogP contribution in [-0.4, -0.2) is 60.8 Å². The Hall–Kier alpha value is -2.00. The summed E-state index contributed by atoms with van der Waals surface area (Å²) < 4.78 is 38.8. The van der Waals surface area contributed by atoms with Crippen molar-refractivity contribution >= 4 is 21.9 Å². The van der Waals surface area contributed by atoms with Gasteiger partial charge in [0.15, 0.2) is 0 Å². The van der Waals surface area contributed by atoms with Gasteiger partial charge in [-0.25, -0.2) is 17.1 Å². The molecular formula is C17H25FN2O5S. The molecule has 0 spiro atoms. The summed E-state index contributed by atoms with van der Waals surface area (Å²) in [6, 6.07) is 4.30. The van der Waals surface area contributed by atoms with Crippen LogP contribution in [0.15, 0.2) is 29.2 Å². The normalized spacial score (nSPS) is 12.8. The zero-order chi connectivity index (χ0) is 19.9. The molecule has 0 saturated carbocycles. The number of carbonyl (C=O) groups excluding carboxylic acids is 1. The van der Waals surface area contributed by atoms with Gasteiger partial charge in [-0.1, -0.05) is 6.92 Å². The van der Waals surface area contributed by atoms with Crippen molar-refractivity contribution in [2.75, 3.05) is 20.1 Å². The lowest BCUT2D eigenvalue weighted by Gasteiger charge is -2.27. The number of carboxylic acids is 1. The van der Waals surface area contributed by atoms with Crippen LogP contribution in [0.2, 0.25) is 0 Å². The first-order valence-electron chi connectivity index (χ1n) is 8.32. The summed E-state index contributed by atoms with van der Waals surface area (Å²) in [6.07, 6.45) is 0.918. The van der Waals surface area contributed by atoms with Crippen molar-refractivity contribution in [2.24, 2.45) is 0 Å². The fraction of sp³-hybridized carbons (Fsp3) is 0.529. The molecule has 0 bridgehead atoms. The van der Waals surface area contributed by atoms with E-state index < -0.39 is 21.8 Å². The summed E-state index contributed by atoms with van der Waals surface area (Å²) in [4.78, 5) is 24.5. The van der Waals surface area contributed by atoms with Crippen molar-refractivity contribution in [3.8, 4) is 0 Å². The lowest BCUT2D eigenvalue weighted by molar-refractivity contribution is -0.146. The van der Waals surface area contributed by atoms with Crippen molar-refractivity contribution in [1.82, 2.24) is 9.21 Å². The Kier molecular flexibility index (Phi) is 8.16. The third kappa shape index (κ3) is 6.06. The van der Waals surface area contributed by atoms with Crippen molar-refractivity contribution < 1.29 is 27.5 Å². The molecule has 26 heavy (non-hydrogen) atoms. The molecule has 0 aliphatic carbocycles. The predicted molar refractivity (Wildman–Crippen MR) is 94.6 cm³/mol. The molecule has 1 aromatic carbocycles. The van der Waals surface area contributed by atoms with Crippen LogP contribution in [0.25, 0.3) is 0 Å². The Bertz CT molecular complexity index is 721. The van der Waals surface area contributed by atoms with E-state index in [1.54, 1.807) is 6.92 Å². The van der Waals surface area contributed by atoms with Crippen LogP contribution in [0.3, 0.4) is 0 Å². The highest BCUT2D eigenvalue weighted by atomic mass is 32.2. The molecule has 1 unspecified atom stereocenters. The second kappa shape index (κ2) is 9.63. The first-order chi connectivity index (χ1) is 12.1. The maximum atomic E-state index is 12.9. The fourth-order valence-corrected chi connectivity index (χ4v) is 3.57. The summed E-state index contributed by atoms with van der Waals surface area (Å²) in [6.45, 7) is 3.34. The molecule has 0 fully saturated rings. The van der Waals surface area contributed by atoms with E-state index in [2.05, 4.69) is 0 Å². The minimum Gasteiger partial charge on any atom is -0.480 e. The molecule has 0 aliphatic heterocycles. The molecule has 0 heterocycles. The molecule has 9 heteroatoms. The minimum absolute atomic E-state index is 0.0279. The molecule has 1 amide bonds. The van der Waals surface area contributed by atoms with Crippen molar-refractivity contribution in [3.63, 3.8) is 0 Å². The van der Waals surface area contributed by atoms with Gasteiger partial charge in [0.2, 0.25) is 15.9 Å². The number of carbonyl (C=O) groups is 2. The molecule has 0 saturated heterocycles. The van der Waals surface area contributed by atoms with Crippen LogP contribution in [-0.2, 0) is 19.6 Å². The molecule has 1 N–H and O–H groups in total. The Labute approximate surface area is 153 Å². The summed E-state index contributed by atoms with van der Waals surface area (Å²) in [5.41, 5.74) is 0. The molecule has 7 nitrogen and oxygen atoms in total. The second-order valence-corrected chi connectivity index (χ2v) is 8.10. The van der Waals surface area contributed by atoms with Crippen molar-refractivity contribution in [3.05, 3.63) is 30.1 Å². The number of nitrogens with zero attached hydrogens (tertiary/aromatic N) is 2. The highest BCUT2D eigenvalue weighted by molar-refractivity contribution is 7.89. The largest absolute Gasteiger partial charge is 0.480 e. The van der Waals surface area contributed by atoms with Gasteiger partial charge in [-0.15, -0.1) is 0 Å². The third-order valence-electron chi connectivity index (χ3n) is 4.13. The topological polar surface area (TPSA) is 95.0 Å². The maximum absolute atomic E-state index is 12.9.